The Bertz CT molecular complexity index is 228. The Balaban J connectivity index is 2.47. The highest BCUT2D eigenvalue weighted by atomic mass is 16.2. The van der Waals surface area contributed by atoms with Crippen LogP contribution in [0.15, 0.2) is 12.7 Å². The summed E-state index contributed by atoms with van der Waals surface area (Å²) in [4.78, 5) is 13.8. The summed E-state index contributed by atoms with van der Waals surface area (Å²) in [6.07, 6.45) is 5.72. The molecule has 1 saturated heterocycles. The molecule has 1 aliphatic rings. The first-order valence-corrected chi connectivity index (χ1v) is 5.80. The van der Waals surface area contributed by atoms with Crippen molar-refractivity contribution in [3.8, 4) is 0 Å². The van der Waals surface area contributed by atoms with E-state index in [1.807, 2.05) is 4.90 Å². The van der Waals surface area contributed by atoms with Crippen LogP contribution in [0.4, 0.5) is 0 Å². The van der Waals surface area contributed by atoms with E-state index in [1.165, 1.54) is 6.42 Å². The van der Waals surface area contributed by atoms with Gasteiger partial charge in [-0.2, -0.15) is 0 Å². The molecule has 3 heteroatoms. The summed E-state index contributed by atoms with van der Waals surface area (Å²) in [5.74, 6) is 0.822. The van der Waals surface area contributed by atoms with Gasteiger partial charge in [0.05, 0.1) is 6.04 Å². The number of hydrogen-bond donors (Lipinski definition) is 1. The average Bonchev–Trinajstić information content (AvgIpc) is 2.42. The molecule has 0 spiro atoms. The zero-order chi connectivity index (χ0) is 11.3. The van der Waals surface area contributed by atoms with Gasteiger partial charge in [-0.15, -0.1) is 6.58 Å². The van der Waals surface area contributed by atoms with Crippen LogP contribution in [-0.4, -0.2) is 29.9 Å². The highest BCUT2D eigenvalue weighted by Gasteiger charge is 2.22. The van der Waals surface area contributed by atoms with Crippen LogP contribution in [0.2, 0.25) is 0 Å². The van der Waals surface area contributed by atoms with Crippen LogP contribution in [-0.2, 0) is 4.79 Å². The van der Waals surface area contributed by atoms with E-state index in [4.69, 9.17) is 5.73 Å². The Morgan fingerprint density at radius 1 is 1.60 bits per heavy atom. The van der Waals surface area contributed by atoms with Gasteiger partial charge in [0.25, 0.3) is 0 Å². The van der Waals surface area contributed by atoms with Crippen molar-refractivity contribution in [2.24, 2.45) is 11.7 Å². The molecule has 86 valence electrons. The Morgan fingerprint density at radius 2 is 2.33 bits per heavy atom. The van der Waals surface area contributed by atoms with Gasteiger partial charge in [0.2, 0.25) is 5.91 Å². The molecule has 1 aliphatic heterocycles. The van der Waals surface area contributed by atoms with Crippen molar-refractivity contribution in [1.29, 1.82) is 0 Å². The van der Waals surface area contributed by atoms with Crippen LogP contribution in [0.5, 0.6) is 0 Å². The molecule has 0 radical (unpaired) electrons. The maximum absolute atomic E-state index is 11.9. The smallest absolute Gasteiger partial charge is 0.239 e. The third-order valence-corrected chi connectivity index (χ3v) is 3.07. The molecule has 2 atom stereocenters. The Kier molecular flexibility index (Phi) is 4.82. The van der Waals surface area contributed by atoms with E-state index in [2.05, 4.69) is 13.5 Å². The van der Waals surface area contributed by atoms with E-state index < -0.39 is 6.04 Å². The summed E-state index contributed by atoms with van der Waals surface area (Å²) < 4.78 is 0. The number of carbonyl (C=O) groups is 1. The normalized spacial score (nSPS) is 24.4. The molecular weight excluding hydrogens is 188 g/mol. The largest absolute Gasteiger partial charge is 0.341 e. The molecule has 1 rings (SSSR count). The maximum atomic E-state index is 11.9. The van der Waals surface area contributed by atoms with Crippen molar-refractivity contribution in [3.05, 3.63) is 12.7 Å². The minimum atomic E-state index is -0.393. The average molecular weight is 210 g/mol. The number of nitrogens with two attached hydrogens (primary N) is 1. The molecule has 0 saturated carbocycles. The number of amides is 1. The first-order valence-electron chi connectivity index (χ1n) is 5.80. The third-order valence-electron chi connectivity index (χ3n) is 3.07. The Hall–Kier alpha value is -0.830. The molecular formula is C12H22N2O. The van der Waals surface area contributed by atoms with E-state index in [1.54, 1.807) is 6.08 Å². The topological polar surface area (TPSA) is 46.3 Å². The van der Waals surface area contributed by atoms with Gasteiger partial charge < -0.3 is 10.6 Å². The van der Waals surface area contributed by atoms with Gasteiger partial charge >= 0.3 is 0 Å². The van der Waals surface area contributed by atoms with Gasteiger partial charge in [0.15, 0.2) is 0 Å². The minimum absolute atomic E-state index is 0.0870. The van der Waals surface area contributed by atoms with E-state index in [0.29, 0.717) is 6.42 Å². The monoisotopic (exact) mass is 210 g/mol. The first kappa shape index (κ1) is 12.2. The molecule has 0 aliphatic carbocycles. The van der Waals surface area contributed by atoms with Gasteiger partial charge in [-0.25, -0.2) is 0 Å². The molecule has 0 bridgehead atoms. The fourth-order valence-corrected chi connectivity index (χ4v) is 2.00. The number of rotatable bonds is 3. The molecule has 1 heterocycles. The van der Waals surface area contributed by atoms with Gasteiger partial charge in [0, 0.05) is 13.1 Å². The van der Waals surface area contributed by atoms with Crippen molar-refractivity contribution in [2.45, 2.75) is 38.6 Å². The number of nitrogens with zero attached hydrogens (tertiary/aromatic N) is 1. The standard InChI is InChI=1S/C12H22N2O/c1-3-5-11(13)12(15)14-8-4-6-10(2)7-9-14/h3,10-11H,1,4-9,13H2,2H3. The zero-order valence-corrected chi connectivity index (χ0v) is 9.61. The molecule has 3 nitrogen and oxygen atoms in total. The van der Waals surface area contributed by atoms with Gasteiger partial charge in [-0.3, -0.25) is 4.79 Å². The third kappa shape index (κ3) is 3.67. The summed E-state index contributed by atoms with van der Waals surface area (Å²) >= 11 is 0. The number of hydrogen-bond acceptors (Lipinski definition) is 2. The fraction of sp³-hybridized carbons (Fsp3) is 0.750. The summed E-state index contributed by atoms with van der Waals surface area (Å²) in [6.45, 7) is 7.59. The van der Waals surface area contributed by atoms with E-state index in [0.717, 1.165) is 31.8 Å². The molecule has 2 unspecified atom stereocenters. The zero-order valence-electron chi connectivity index (χ0n) is 9.61. The first-order chi connectivity index (χ1) is 7.15. The predicted molar refractivity (Wildman–Crippen MR) is 62.4 cm³/mol. The second-order valence-corrected chi connectivity index (χ2v) is 4.49. The molecule has 0 aromatic carbocycles. The van der Waals surface area contributed by atoms with Crippen LogP contribution >= 0.6 is 0 Å². The number of likely N-dealkylation sites (tertiary alicyclic amines) is 1. The van der Waals surface area contributed by atoms with E-state index >= 15 is 0 Å². The lowest BCUT2D eigenvalue weighted by Crippen LogP contribution is -2.43. The second-order valence-electron chi connectivity index (χ2n) is 4.49. The quantitative estimate of drug-likeness (QED) is 0.718. The van der Waals surface area contributed by atoms with Gasteiger partial charge in [-0.1, -0.05) is 13.0 Å². The van der Waals surface area contributed by atoms with Crippen molar-refractivity contribution in [3.63, 3.8) is 0 Å². The highest BCUT2D eigenvalue weighted by Crippen LogP contribution is 2.17. The number of carbonyl (C=O) groups excluding carboxylic acids is 1. The maximum Gasteiger partial charge on any atom is 0.239 e. The van der Waals surface area contributed by atoms with Crippen molar-refractivity contribution in [1.82, 2.24) is 4.90 Å². The van der Waals surface area contributed by atoms with E-state index in [-0.39, 0.29) is 5.91 Å². The van der Waals surface area contributed by atoms with Gasteiger partial charge in [0.1, 0.15) is 0 Å². The van der Waals surface area contributed by atoms with Crippen LogP contribution < -0.4 is 5.73 Å². The lowest BCUT2D eigenvalue weighted by molar-refractivity contribution is -0.132. The fourth-order valence-electron chi connectivity index (χ4n) is 2.00. The molecule has 0 aromatic rings. The summed E-state index contributed by atoms with van der Waals surface area (Å²) in [5, 5.41) is 0. The van der Waals surface area contributed by atoms with E-state index in [9.17, 15) is 4.79 Å². The van der Waals surface area contributed by atoms with Gasteiger partial charge in [-0.05, 0) is 31.6 Å². The second kappa shape index (κ2) is 5.91. The lowest BCUT2D eigenvalue weighted by atomic mass is 10.0. The minimum Gasteiger partial charge on any atom is -0.341 e. The van der Waals surface area contributed by atoms with Crippen LogP contribution in [0.25, 0.3) is 0 Å². The van der Waals surface area contributed by atoms with Crippen molar-refractivity contribution >= 4 is 5.91 Å². The SMILES string of the molecule is C=CCC(N)C(=O)N1CCCC(C)CC1. The van der Waals surface area contributed by atoms with Crippen LogP contribution in [0.1, 0.15) is 32.6 Å². The Morgan fingerprint density at radius 3 is 3.00 bits per heavy atom. The summed E-state index contributed by atoms with van der Waals surface area (Å²) in [5.41, 5.74) is 5.78. The summed E-state index contributed by atoms with van der Waals surface area (Å²) in [7, 11) is 0. The molecule has 15 heavy (non-hydrogen) atoms. The molecule has 1 fully saturated rings. The highest BCUT2D eigenvalue weighted by molar-refractivity contribution is 5.81. The van der Waals surface area contributed by atoms with Crippen LogP contribution in [0.3, 0.4) is 0 Å². The van der Waals surface area contributed by atoms with Crippen molar-refractivity contribution < 1.29 is 4.79 Å². The molecule has 1 amide bonds. The lowest BCUT2D eigenvalue weighted by Gasteiger charge is -2.23. The molecule has 2 N–H and O–H groups in total. The molecule has 0 aromatic heterocycles. The Labute approximate surface area is 92.3 Å². The predicted octanol–water partition coefficient (Wildman–Crippen LogP) is 1.54. The van der Waals surface area contributed by atoms with Crippen molar-refractivity contribution in [2.75, 3.05) is 13.1 Å². The van der Waals surface area contributed by atoms with Crippen LogP contribution in [0, 0.1) is 5.92 Å². The summed E-state index contributed by atoms with van der Waals surface area (Å²) in [6, 6.07) is -0.393.